The van der Waals surface area contributed by atoms with Crippen LogP contribution in [-0.4, -0.2) is 5.25 Å². The fraction of sp³-hybridized carbons (Fsp3) is 0.571. The fourth-order valence-electron chi connectivity index (χ4n) is 2.24. The molecule has 0 aliphatic heterocycles. The second kappa shape index (κ2) is 5.31. The molecule has 0 spiro atoms. The zero-order valence-corrected chi connectivity index (χ0v) is 12.7. The summed E-state index contributed by atoms with van der Waals surface area (Å²) in [6, 6.07) is 5.18. The topological polar surface area (TPSA) is 0 Å². The Balaban J connectivity index is 2.00. The lowest BCUT2D eigenvalue weighted by molar-refractivity contribution is 0.249. The summed E-state index contributed by atoms with van der Waals surface area (Å²) in [6.07, 6.45) is 4.90. The highest BCUT2D eigenvalue weighted by Gasteiger charge is 2.27. The van der Waals surface area contributed by atoms with Gasteiger partial charge < -0.3 is 0 Å². The molecule has 1 aliphatic rings. The molecule has 1 saturated carbocycles. The summed E-state index contributed by atoms with van der Waals surface area (Å²) in [5, 5.41) is 0.576. The second-order valence-corrected chi connectivity index (χ2v) is 7.81. The first-order chi connectivity index (χ1) is 7.96. The zero-order valence-electron chi connectivity index (χ0n) is 10.3. The molecule has 0 saturated heterocycles. The van der Waals surface area contributed by atoms with Crippen molar-refractivity contribution in [2.24, 2.45) is 5.41 Å². The van der Waals surface area contributed by atoms with Crippen molar-refractivity contribution in [2.45, 2.75) is 49.7 Å². The Morgan fingerprint density at radius 3 is 2.59 bits per heavy atom. The van der Waals surface area contributed by atoms with E-state index in [4.69, 9.17) is 0 Å². The second-order valence-electron chi connectivity index (χ2n) is 5.56. The first-order valence-corrected chi connectivity index (χ1v) is 7.75. The monoisotopic (exact) mass is 316 g/mol. The summed E-state index contributed by atoms with van der Waals surface area (Å²) in [5.41, 5.74) is 0.479. The van der Waals surface area contributed by atoms with E-state index in [1.165, 1.54) is 25.7 Å². The summed E-state index contributed by atoms with van der Waals surface area (Å²) in [4.78, 5) is 0.782. The van der Waals surface area contributed by atoms with Crippen molar-refractivity contribution in [1.29, 1.82) is 0 Å². The Labute approximate surface area is 116 Å². The van der Waals surface area contributed by atoms with E-state index in [-0.39, 0.29) is 5.82 Å². The Morgan fingerprint density at radius 2 is 1.94 bits per heavy atom. The van der Waals surface area contributed by atoms with Crippen molar-refractivity contribution in [1.82, 2.24) is 0 Å². The van der Waals surface area contributed by atoms with Gasteiger partial charge in [-0.3, -0.25) is 0 Å². The molecule has 0 aromatic heterocycles. The molecule has 0 atom stereocenters. The molecule has 0 amide bonds. The summed E-state index contributed by atoms with van der Waals surface area (Å²) in [5.74, 6) is -0.0944. The standard InChI is InChI=1S/C14H18BrFS/c1-14(2)7-5-11(6-8-14)17-13-9-10(15)3-4-12(13)16/h3-4,9,11H,5-8H2,1-2H3. The number of halogens is 2. The van der Waals surface area contributed by atoms with Gasteiger partial charge in [0.25, 0.3) is 0 Å². The number of hydrogen-bond donors (Lipinski definition) is 0. The van der Waals surface area contributed by atoms with Crippen molar-refractivity contribution in [3.63, 3.8) is 0 Å². The Kier molecular flexibility index (Phi) is 4.19. The van der Waals surface area contributed by atoms with Crippen LogP contribution in [0, 0.1) is 11.2 Å². The quantitative estimate of drug-likeness (QED) is 0.679. The fourth-order valence-corrected chi connectivity index (χ4v) is 3.96. The molecule has 0 bridgehead atoms. The van der Waals surface area contributed by atoms with Crippen LogP contribution in [0.1, 0.15) is 39.5 Å². The van der Waals surface area contributed by atoms with E-state index in [0.29, 0.717) is 10.7 Å². The number of rotatable bonds is 2. The number of thioether (sulfide) groups is 1. The van der Waals surface area contributed by atoms with Crippen molar-refractivity contribution in [3.8, 4) is 0 Å². The Morgan fingerprint density at radius 1 is 1.29 bits per heavy atom. The largest absolute Gasteiger partial charge is 0.206 e. The van der Waals surface area contributed by atoms with Crippen LogP contribution in [0.4, 0.5) is 4.39 Å². The number of benzene rings is 1. The van der Waals surface area contributed by atoms with E-state index in [1.54, 1.807) is 23.9 Å². The molecule has 0 unspecified atom stereocenters. The van der Waals surface area contributed by atoms with E-state index in [0.717, 1.165) is 9.37 Å². The summed E-state index contributed by atoms with van der Waals surface area (Å²) >= 11 is 5.10. The molecule has 1 aliphatic carbocycles. The minimum Gasteiger partial charge on any atom is -0.206 e. The van der Waals surface area contributed by atoms with Gasteiger partial charge in [0.1, 0.15) is 5.82 Å². The molecule has 1 aromatic carbocycles. The van der Waals surface area contributed by atoms with E-state index >= 15 is 0 Å². The maximum absolute atomic E-state index is 13.6. The highest BCUT2D eigenvalue weighted by Crippen LogP contribution is 2.42. The lowest BCUT2D eigenvalue weighted by Gasteiger charge is -2.34. The SMILES string of the molecule is CC1(C)CCC(Sc2cc(Br)ccc2F)CC1. The molecule has 3 heteroatoms. The normalized spacial score (nSPS) is 20.5. The van der Waals surface area contributed by atoms with Crippen LogP contribution in [0.5, 0.6) is 0 Å². The lowest BCUT2D eigenvalue weighted by atomic mass is 9.77. The predicted octanol–water partition coefficient (Wildman–Crippen LogP) is 5.65. The van der Waals surface area contributed by atoms with Crippen LogP contribution in [0.15, 0.2) is 27.6 Å². The van der Waals surface area contributed by atoms with Gasteiger partial charge >= 0.3 is 0 Å². The third kappa shape index (κ3) is 3.72. The average Bonchev–Trinajstić information content (AvgIpc) is 2.26. The predicted molar refractivity (Wildman–Crippen MR) is 76.0 cm³/mol. The average molecular weight is 317 g/mol. The third-order valence-corrected chi connectivity index (χ3v) is 5.34. The zero-order chi connectivity index (χ0) is 12.5. The van der Waals surface area contributed by atoms with Crippen LogP contribution >= 0.6 is 27.7 Å². The minimum absolute atomic E-state index is 0.0944. The smallest absolute Gasteiger partial charge is 0.136 e. The highest BCUT2D eigenvalue weighted by atomic mass is 79.9. The summed E-state index contributed by atoms with van der Waals surface area (Å²) < 4.78 is 14.6. The molecule has 0 nitrogen and oxygen atoms in total. The first-order valence-electron chi connectivity index (χ1n) is 6.08. The molecule has 17 heavy (non-hydrogen) atoms. The van der Waals surface area contributed by atoms with E-state index in [2.05, 4.69) is 29.8 Å². The first kappa shape index (κ1) is 13.4. The van der Waals surface area contributed by atoms with Crippen LogP contribution < -0.4 is 0 Å². The molecule has 0 radical (unpaired) electrons. The van der Waals surface area contributed by atoms with E-state index in [1.807, 2.05) is 6.07 Å². The lowest BCUT2D eigenvalue weighted by Crippen LogP contribution is -2.22. The van der Waals surface area contributed by atoms with Gasteiger partial charge in [0, 0.05) is 14.6 Å². The van der Waals surface area contributed by atoms with E-state index < -0.39 is 0 Å². The maximum atomic E-state index is 13.6. The van der Waals surface area contributed by atoms with Crippen molar-refractivity contribution in [2.75, 3.05) is 0 Å². The summed E-state index contributed by atoms with van der Waals surface area (Å²) in [7, 11) is 0. The molecule has 0 heterocycles. The van der Waals surface area contributed by atoms with E-state index in [9.17, 15) is 4.39 Å². The molecule has 2 rings (SSSR count). The van der Waals surface area contributed by atoms with Gasteiger partial charge in [0.2, 0.25) is 0 Å². The minimum atomic E-state index is -0.0944. The molecule has 0 N–H and O–H groups in total. The third-order valence-electron chi connectivity index (χ3n) is 3.47. The van der Waals surface area contributed by atoms with Gasteiger partial charge in [0.05, 0.1) is 0 Å². The number of hydrogen-bond acceptors (Lipinski definition) is 1. The van der Waals surface area contributed by atoms with Gasteiger partial charge in [0.15, 0.2) is 0 Å². The van der Waals surface area contributed by atoms with Crippen LogP contribution in [0.3, 0.4) is 0 Å². The van der Waals surface area contributed by atoms with Gasteiger partial charge in [-0.25, -0.2) is 4.39 Å². The Bertz CT molecular complexity index is 393. The molecular weight excluding hydrogens is 299 g/mol. The van der Waals surface area contributed by atoms with Crippen molar-refractivity contribution in [3.05, 3.63) is 28.5 Å². The van der Waals surface area contributed by atoms with Crippen LogP contribution in [0.25, 0.3) is 0 Å². The molecule has 1 fully saturated rings. The van der Waals surface area contributed by atoms with Gasteiger partial charge in [-0.15, -0.1) is 11.8 Å². The summed E-state index contributed by atoms with van der Waals surface area (Å²) in [6.45, 7) is 4.65. The maximum Gasteiger partial charge on any atom is 0.136 e. The molecule has 1 aromatic rings. The van der Waals surface area contributed by atoms with Crippen LogP contribution in [-0.2, 0) is 0 Å². The van der Waals surface area contributed by atoms with Crippen molar-refractivity contribution >= 4 is 27.7 Å². The highest BCUT2D eigenvalue weighted by molar-refractivity contribution is 9.10. The molecule has 94 valence electrons. The van der Waals surface area contributed by atoms with Gasteiger partial charge in [-0.05, 0) is 49.3 Å². The van der Waals surface area contributed by atoms with Crippen LogP contribution in [0.2, 0.25) is 0 Å². The van der Waals surface area contributed by atoms with Gasteiger partial charge in [-0.1, -0.05) is 29.8 Å². The molecular formula is C14H18BrFS. The van der Waals surface area contributed by atoms with Gasteiger partial charge in [-0.2, -0.15) is 0 Å². The van der Waals surface area contributed by atoms with Crippen molar-refractivity contribution < 1.29 is 4.39 Å². The Hall–Kier alpha value is -0.0200.